The van der Waals surface area contributed by atoms with Crippen LogP contribution in [0.15, 0.2) is 54.6 Å². The Morgan fingerprint density at radius 2 is 1.64 bits per heavy atom. The molecule has 0 radical (unpaired) electrons. The second kappa shape index (κ2) is 5.95. The molecule has 0 aliphatic carbocycles. The number of hydrogen-bond acceptors (Lipinski definition) is 2. The third kappa shape index (κ3) is 2.65. The maximum atomic E-state index is 11.6. The molecule has 2 nitrogen and oxygen atoms in total. The van der Waals surface area contributed by atoms with Crippen LogP contribution in [0.1, 0.15) is 15.2 Å². The minimum atomic E-state index is -0.896. The van der Waals surface area contributed by atoms with Crippen molar-refractivity contribution in [3.63, 3.8) is 0 Å². The minimum Gasteiger partial charge on any atom is -0.477 e. The number of hydrogen-bond donors (Lipinski definition) is 1. The fourth-order valence-electron chi connectivity index (χ4n) is 2.49. The molecule has 0 amide bonds. The molecule has 1 heterocycles. The molecule has 0 spiro atoms. The van der Waals surface area contributed by atoms with Gasteiger partial charge < -0.3 is 5.11 Å². The Bertz CT molecular complexity index is 820. The first-order chi connectivity index (χ1) is 10.6. The topological polar surface area (TPSA) is 37.3 Å². The minimum absolute atomic E-state index is 0.369. The number of carboxylic acid groups (broad SMARTS) is 1. The maximum Gasteiger partial charge on any atom is 0.346 e. The molecule has 0 saturated heterocycles. The molecule has 0 aliphatic rings. The van der Waals surface area contributed by atoms with Gasteiger partial charge in [-0.2, -0.15) is 0 Å². The zero-order chi connectivity index (χ0) is 15.7. The lowest BCUT2D eigenvalue weighted by molar-refractivity contribution is 0.0703. The first-order valence-electron chi connectivity index (χ1n) is 6.76. The fourth-order valence-corrected chi connectivity index (χ4v) is 3.79. The molecule has 0 saturated carbocycles. The van der Waals surface area contributed by atoms with Gasteiger partial charge in [0.2, 0.25) is 0 Å². The lowest BCUT2D eigenvalue weighted by atomic mass is 9.99. The number of benzene rings is 2. The van der Waals surface area contributed by atoms with Gasteiger partial charge in [0.25, 0.3) is 0 Å². The molecule has 3 aromatic rings. The van der Waals surface area contributed by atoms with Crippen LogP contribution in [-0.4, -0.2) is 11.1 Å². The summed E-state index contributed by atoms with van der Waals surface area (Å²) in [6.45, 7) is 1.97. The van der Waals surface area contributed by atoms with Gasteiger partial charge in [-0.3, -0.25) is 0 Å². The van der Waals surface area contributed by atoms with Crippen LogP contribution in [-0.2, 0) is 0 Å². The molecule has 110 valence electrons. The van der Waals surface area contributed by atoms with E-state index in [-0.39, 0.29) is 0 Å². The number of rotatable bonds is 3. The average molecular weight is 329 g/mol. The largest absolute Gasteiger partial charge is 0.477 e. The van der Waals surface area contributed by atoms with E-state index >= 15 is 0 Å². The third-order valence-corrected chi connectivity index (χ3v) is 5.09. The van der Waals surface area contributed by atoms with Crippen LogP contribution in [0.25, 0.3) is 21.6 Å². The summed E-state index contributed by atoms with van der Waals surface area (Å²) in [7, 11) is 0. The molecule has 22 heavy (non-hydrogen) atoms. The fraction of sp³-hybridized carbons (Fsp3) is 0.0556. The Morgan fingerprint density at radius 1 is 1.00 bits per heavy atom. The zero-order valence-corrected chi connectivity index (χ0v) is 13.4. The highest BCUT2D eigenvalue weighted by atomic mass is 35.5. The van der Waals surface area contributed by atoms with E-state index in [9.17, 15) is 9.90 Å². The van der Waals surface area contributed by atoms with Gasteiger partial charge in [0.15, 0.2) is 0 Å². The van der Waals surface area contributed by atoms with Crippen LogP contribution in [0.3, 0.4) is 0 Å². The predicted molar refractivity (Wildman–Crippen MR) is 91.9 cm³/mol. The summed E-state index contributed by atoms with van der Waals surface area (Å²) in [6.07, 6.45) is 0. The number of aromatic carboxylic acids is 1. The van der Waals surface area contributed by atoms with Gasteiger partial charge in [0.05, 0.1) is 0 Å². The van der Waals surface area contributed by atoms with Crippen molar-refractivity contribution in [2.45, 2.75) is 6.92 Å². The van der Waals surface area contributed by atoms with Crippen molar-refractivity contribution in [3.05, 3.63) is 70.1 Å². The smallest absolute Gasteiger partial charge is 0.346 e. The molecule has 0 fully saturated rings. The number of carboxylic acids is 1. The maximum absolute atomic E-state index is 11.6. The van der Waals surface area contributed by atoms with E-state index in [2.05, 4.69) is 0 Å². The molecule has 2 aromatic carbocycles. The summed E-state index contributed by atoms with van der Waals surface area (Å²) in [5, 5.41) is 10.2. The Balaban J connectivity index is 2.22. The van der Waals surface area contributed by atoms with Crippen LogP contribution in [0.4, 0.5) is 0 Å². The molecule has 0 bridgehead atoms. The van der Waals surface area contributed by atoms with Crippen molar-refractivity contribution in [1.82, 2.24) is 0 Å². The average Bonchev–Trinajstić information content (AvgIpc) is 2.87. The van der Waals surface area contributed by atoms with Crippen LogP contribution in [0.5, 0.6) is 0 Å². The number of halogens is 1. The third-order valence-electron chi connectivity index (χ3n) is 3.51. The van der Waals surface area contributed by atoms with Gasteiger partial charge in [0, 0.05) is 15.5 Å². The molecular weight excluding hydrogens is 316 g/mol. The summed E-state index contributed by atoms with van der Waals surface area (Å²) in [5.74, 6) is -0.896. The Hall–Kier alpha value is -2.10. The molecule has 0 unspecified atom stereocenters. The van der Waals surface area contributed by atoms with Gasteiger partial charge in [-0.05, 0) is 35.7 Å². The lowest BCUT2D eigenvalue weighted by Gasteiger charge is -2.04. The van der Waals surface area contributed by atoms with Crippen LogP contribution in [0, 0.1) is 6.92 Å². The van der Waals surface area contributed by atoms with Gasteiger partial charge >= 0.3 is 5.97 Å². The Morgan fingerprint density at radius 3 is 2.23 bits per heavy atom. The monoisotopic (exact) mass is 328 g/mol. The van der Waals surface area contributed by atoms with Crippen molar-refractivity contribution < 1.29 is 9.90 Å². The van der Waals surface area contributed by atoms with Crippen LogP contribution in [0.2, 0.25) is 5.02 Å². The summed E-state index contributed by atoms with van der Waals surface area (Å²) in [6, 6.07) is 17.1. The highest BCUT2D eigenvalue weighted by Gasteiger charge is 2.21. The van der Waals surface area contributed by atoms with Crippen molar-refractivity contribution in [1.29, 1.82) is 0 Å². The van der Waals surface area contributed by atoms with Gasteiger partial charge in [-0.1, -0.05) is 54.1 Å². The first kappa shape index (κ1) is 14.8. The quantitative estimate of drug-likeness (QED) is 0.665. The number of thiophene rings is 1. The molecular formula is C18H13ClO2S. The SMILES string of the molecule is Cc1c(-c2ccc(Cl)cc2)sc(C(=O)O)c1-c1ccccc1. The standard InChI is InChI=1S/C18H13ClO2S/c1-11-15(12-5-3-2-4-6-12)17(18(20)21)22-16(11)13-7-9-14(19)10-8-13/h2-10H,1H3,(H,20,21). The summed E-state index contributed by atoms with van der Waals surface area (Å²) in [5.41, 5.74) is 3.68. The first-order valence-corrected chi connectivity index (χ1v) is 7.95. The Labute approximate surface area is 137 Å². The van der Waals surface area contributed by atoms with E-state index in [1.807, 2.05) is 61.5 Å². The molecule has 0 aliphatic heterocycles. The van der Waals surface area contributed by atoms with E-state index in [1.54, 1.807) is 0 Å². The van der Waals surface area contributed by atoms with Crippen molar-refractivity contribution in [2.24, 2.45) is 0 Å². The summed E-state index contributed by atoms with van der Waals surface area (Å²) < 4.78 is 0. The lowest BCUT2D eigenvalue weighted by Crippen LogP contribution is -1.95. The highest BCUT2D eigenvalue weighted by Crippen LogP contribution is 2.41. The van der Waals surface area contributed by atoms with Crippen LogP contribution < -0.4 is 0 Å². The van der Waals surface area contributed by atoms with E-state index in [1.165, 1.54) is 11.3 Å². The molecule has 1 N–H and O–H groups in total. The molecule has 4 heteroatoms. The zero-order valence-electron chi connectivity index (χ0n) is 11.8. The summed E-state index contributed by atoms with van der Waals surface area (Å²) >= 11 is 7.24. The van der Waals surface area contributed by atoms with E-state index in [4.69, 9.17) is 11.6 Å². The predicted octanol–water partition coefficient (Wildman–Crippen LogP) is 5.74. The molecule has 3 rings (SSSR count). The molecule has 1 aromatic heterocycles. The van der Waals surface area contributed by atoms with Crippen LogP contribution >= 0.6 is 22.9 Å². The second-order valence-corrected chi connectivity index (χ2v) is 6.40. The molecule has 0 atom stereocenters. The van der Waals surface area contributed by atoms with E-state index < -0.39 is 5.97 Å². The highest BCUT2D eigenvalue weighted by molar-refractivity contribution is 7.18. The van der Waals surface area contributed by atoms with Crippen molar-refractivity contribution >= 4 is 28.9 Å². The van der Waals surface area contributed by atoms with Crippen molar-refractivity contribution in [2.75, 3.05) is 0 Å². The van der Waals surface area contributed by atoms with E-state index in [0.29, 0.717) is 9.90 Å². The Kier molecular flexibility index (Phi) is 4.01. The van der Waals surface area contributed by atoms with E-state index in [0.717, 1.165) is 27.1 Å². The normalized spacial score (nSPS) is 10.6. The van der Waals surface area contributed by atoms with Gasteiger partial charge in [-0.25, -0.2) is 4.79 Å². The second-order valence-electron chi connectivity index (χ2n) is 4.94. The number of carbonyl (C=O) groups is 1. The van der Waals surface area contributed by atoms with Gasteiger partial charge in [-0.15, -0.1) is 11.3 Å². The van der Waals surface area contributed by atoms with Crippen molar-refractivity contribution in [3.8, 4) is 21.6 Å². The van der Waals surface area contributed by atoms with Gasteiger partial charge in [0.1, 0.15) is 4.88 Å². The summed E-state index contributed by atoms with van der Waals surface area (Å²) in [4.78, 5) is 13.0.